The van der Waals surface area contributed by atoms with E-state index in [-0.39, 0.29) is 18.9 Å². The Morgan fingerprint density at radius 3 is 2.68 bits per heavy atom. The maximum atomic E-state index is 13.1. The van der Waals surface area contributed by atoms with Crippen molar-refractivity contribution in [3.8, 4) is 0 Å². The van der Waals surface area contributed by atoms with E-state index in [4.69, 9.17) is 4.74 Å². The number of carboxylic acids is 1. The summed E-state index contributed by atoms with van der Waals surface area (Å²) in [6.07, 6.45) is 0.784. The molecule has 1 aromatic carbocycles. The number of amides is 2. The number of piperidine rings is 1. The number of likely N-dealkylation sites (tertiary alicyclic amines) is 1. The highest BCUT2D eigenvalue weighted by Gasteiger charge is 2.33. The lowest BCUT2D eigenvalue weighted by Gasteiger charge is -2.34. The molecule has 2 atom stereocenters. The molecule has 2 N–H and O–H groups in total. The van der Waals surface area contributed by atoms with E-state index in [1.165, 1.54) is 4.90 Å². The van der Waals surface area contributed by atoms with E-state index in [9.17, 15) is 19.5 Å². The van der Waals surface area contributed by atoms with E-state index in [1.807, 2.05) is 24.3 Å². The number of hydrogen-bond donors (Lipinski definition) is 2. The summed E-state index contributed by atoms with van der Waals surface area (Å²) in [4.78, 5) is 38.2. The first-order valence-corrected chi connectivity index (χ1v) is 10.1. The van der Waals surface area contributed by atoms with Crippen molar-refractivity contribution < 1.29 is 24.2 Å². The molecular weight excluding hydrogens is 428 g/mol. The van der Waals surface area contributed by atoms with Crippen molar-refractivity contribution in [2.24, 2.45) is 5.92 Å². The van der Waals surface area contributed by atoms with Crippen LogP contribution in [-0.4, -0.2) is 52.7 Å². The molecule has 0 bridgehead atoms. The molecule has 0 aliphatic carbocycles. The maximum absolute atomic E-state index is 13.1. The number of nitrogens with zero attached hydrogens (tertiary/aromatic N) is 1. The van der Waals surface area contributed by atoms with Crippen LogP contribution in [0.15, 0.2) is 28.7 Å². The van der Waals surface area contributed by atoms with Crippen LogP contribution in [0.4, 0.5) is 4.79 Å². The number of carbonyl (C=O) groups excluding carboxylic acids is 2. The molecule has 1 aliphatic rings. The van der Waals surface area contributed by atoms with Crippen LogP contribution in [0.1, 0.15) is 39.2 Å². The van der Waals surface area contributed by atoms with Gasteiger partial charge in [0.1, 0.15) is 11.6 Å². The van der Waals surface area contributed by atoms with Gasteiger partial charge >= 0.3 is 12.1 Å². The molecule has 2 rings (SSSR count). The van der Waals surface area contributed by atoms with Crippen molar-refractivity contribution in [2.75, 3.05) is 13.1 Å². The number of carboxylic acid groups (broad SMARTS) is 1. The molecule has 1 aromatic rings. The Balaban J connectivity index is 2.17. The Morgan fingerprint density at radius 2 is 2.07 bits per heavy atom. The lowest BCUT2D eigenvalue weighted by Crippen LogP contribution is -2.53. The topological polar surface area (TPSA) is 95.9 Å². The van der Waals surface area contributed by atoms with Crippen molar-refractivity contribution in [2.45, 2.75) is 51.7 Å². The second kappa shape index (κ2) is 9.41. The molecule has 0 spiro atoms. The summed E-state index contributed by atoms with van der Waals surface area (Å²) in [6, 6.07) is 6.65. The minimum atomic E-state index is -0.902. The number of carbonyl (C=O) groups is 3. The van der Waals surface area contributed by atoms with Gasteiger partial charge < -0.3 is 20.1 Å². The SMILES string of the molecule is CC(C)(C)OC(=O)NC(Cc1cccc(Br)c1)C(=O)N1CCCC(C(=O)O)C1. The summed E-state index contributed by atoms with van der Waals surface area (Å²) in [5.74, 6) is -1.77. The minimum Gasteiger partial charge on any atom is -0.481 e. The van der Waals surface area contributed by atoms with Gasteiger partial charge in [-0.1, -0.05) is 28.1 Å². The Bertz CT molecular complexity index is 732. The van der Waals surface area contributed by atoms with Gasteiger partial charge in [0.05, 0.1) is 5.92 Å². The first kappa shape index (κ1) is 22.2. The van der Waals surface area contributed by atoms with Gasteiger partial charge in [-0.15, -0.1) is 0 Å². The quantitative estimate of drug-likeness (QED) is 0.711. The molecule has 7 nitrogen and oxygen atoms in total. The smallest absolute Gasteiger partial charge is 0.408 e. The second-order valence-electron chi connectivity index (χ2n) is 7.99. The van der Waals surface area contributed by atoms with Gasteiger partial charge in [-0.05, 0) is 51.3 Å². The van der Waals surface area contributed by atoms with E-state index in [2.05, 4.69) is 21.2 Å². The molecule has 28 heavy (non-hydrogen) atoms. The van der Waals surface area contributed by atoms with Crippen LogP contribution in [0, 0.1) is 5.92 Å². The monoisotopic (exact) mass is 454 g/mol. The van der Waals surface area contributed by atoms with Crippen LogP contribution in [0.2, 0.25) is 0 Å². The first-order valence-electron chi connectivity index (χ1n) is 9.30. The number of rotatable bonds is 5. The Labute approximate surface area is 173 Å². The fourth-order valence-corrected chi connectivity index (χ4v) is 3.60. The summed E-state index contributed by atoms with van der Waals surface area (Å²) in [5, 5.41) is 11.9. The van der Waals surface area contributed by atoms with Crippen molar-refractivity contribution in [3.05, 3.63) is 34.3 Å². The fraction of sp³-hybridized carbons (Fsp3) is 0.550. The summed E-state index contributed by atoms with van der Waals surface area (Å²) >= 11 is 3.41. The van der Waals surface area contributed by atoms with Crippen LogP contribution in [0.25, 0.3) is 0 Å². The highest BCUT2D eigenvalue weighted by Crippen LogP contribution is 2.19. The van der Waals surface area contributed by atoms with Gasteiger partial charge in [-0.25, -0.2) is 4.79 Å². The highest BCUT2D eigenvalue weighted by molar-refractivity contribution is 9.10. The van der Waals surface area contributed by atoms with Crippen LogP contribution in [-0.2, 0) is 20.7 Å². The van der Waals surface area contributed by atoms with Crippen LogP contribution >= 0.6 is 15.9 Å². The number of nitrogens with one attached hydrogen (secondary N) is 1. The van der Waals surface area contributed by atoms with Crippen molar-refractivity contribution in [3.63, 3.8) is 0 Å². The van der Waals surface area contributed by atoms with Gasteiger partial charge in [0.15, 0.2) is 0 Å². The lowest BCUT2D eigenvalue weighted by molar-refractivity contribution is -0.146. The zero-order valence-corrected chi connectivity index (χ0v) is 18.0. The molecule has 0 radical (unpaired) electrons. The molecule has 0 aromatic heterocycles. The number of benzene rings is 1. The zero-order chi connectivity index (χ0) is 20.9. The van der Waals surface area contributed by atoms with Crippen molar-refractivity contribution in [1.82, 2.24) is 10.2 Å². The highest BCUT2D eigenvalue weighted by atomic mass is 79.9. The number of alkyl carbamates (subject to hydrolysis) is 1. The molecule has 1 fully saturated rings. The summed E-state index contributed by atoms with van der Waals surface area (Å²) in [6.45, 7) is 5.88. The summed E-state index contributed by atoms with van der Waals surface area (Å²) < 4.78 is 6.17. The number of aliphatic carboxylic acids is 1. The lowest BCUT2D eigenvalue weighted by atomic mass is 9.96. The fourth-order valence-electron chi connectivity index (χ4n) is 3.15. The third-order valence-corrected chi connectivity index (χ3v) is 4.89. The Morgan fingerprint density at radius 1 is 1.36 bits per heavy atom. The number of hydrogen-bond acceptors (Lipinski definition) is 4. The zero-order valence-electron chi connectivity index (χ0n) is 16.4. The van der Waals surface area contributed by atoms with Crippen LogP contribution in [0.5, 0.6) is 0 Å². The molecule has 1 saturated heterocycles. The summed E-state index contributed by atoms with van der Waals surface area (Å²) in [5.41, 5.74) is 0.183. The van der Waals surface area contributed by atoms with Crippen molar-refractivity contribution in [1.29, 1.82) is 0 Å². The third-order valence-electron chi connectivity index (χ3n) is 4.40. The molecular formula is C20H27BrN2O5. The van der Waals surface area contributed by atoms with E-state index in [1.54, 1.807) is 20.8 Å². The van der Waals surface area contributed by atoms with E-state index in [0.717, 1.165) is 10.0 Å². The van der Waals surface area contributed by atoms with Crippen molar-refractivity contribution >= 4 is 33.9 Å². The number of ether oxygens (including phenoxy) is 1. The van der Waals surface area contributed by atoms with E-state index < -0.39 is 29.6 Å². The van der Waals surface area contributed by atoms with Crippen LogP contribution < -0.4 is 5.32 Å². The average molecular weight is 455 g/mol. The van der Waals surface area contributed by atoms with Crippen LogP contribution in [0.3, 0.4) is 0 Å². The molecule has 1 heterocycles. The second-order valence-corrected chi connectivity index (χ2v) is 8.91. The molecule has 2 amide bonds. The van der Waals surface area contributed by atoms with E-state index in [0.29, 0.717) is 19.4 Å². The average Bonchev–Trinajstić information content (AvgIpc) is 2.59. The van der Waals surface area contributed by atoms with Gasteiger partial charge in [-0.2, -0.15) is 0 Å². The largest absolute Gasteiger partial charge is 0.481 e. The minimum absolute atomic E-state index is 0.152. The first-order chi connectivity index (χ1) is 13.0. The van der Waals surface area contributed by atoms with Gasteiger partial charge in [0, 0.05) is 24.0 Å². The third kappa shape index (κ3) is 6.82. The maximum Gasteiger partial charge on any atom is 0.408 e. The van der Waals surface area contributed by atoms with Gasteiger partial charge in [-0.3, -0.25) is 9.59 Å². The molecule has 0 saturated carbocycles. The molecule has 8 heteroatoms. The standard InChI is InChI=1S/C20H27BrN2O5/c1-20(2,3)28-19(27)22-16(11-13-6-4-8-15(21)10-13)17(24)23-9-5-7-14(12-23)18(25)26/h4,6,8,10,14,16H,5,7,9,11-12H2,1-3H3,(H,22,27)(H,25,26). The summed E-state index contributed by atoms with van der Waals surface area (Å²) in [7, 11) is 0. The molecule has 1 aliphatic heterocycles. The predicted octanol–water partition coefficient (Wildman–Crippen LogP) is 3.21. The van der Waals surface area contributed by atoms with E-state index >= 15 is 0 Å². The predicted molar refractivity (Wildman–Crippen MR) is 108 cm³/mol. The Kier molecular flexibility index (Phi) is 7.46. The Hall–Kier alpha value is -2.09. The van der Waals surface area contributed by atoms with Gasteiger partial charge in [0.2, 0.25) is 5.91 Å². The van der Waals surface area contributed by atoms with Gasteiger partial charge in [0.25, 0.3) is 0 Å². The number of halogens is 1. The normalized spacial score (nSPS) is 18.3. The molecule has 2 unspecified atom stereocenters. The molecule has 154 valence electrons.